The molecule has 0 spiro atoms. The Kier molecular flexibility index (Phi) is 3.89. The highest BCUT2D eigenvalue weighted by Crippen LogP contribution is 2.04. The van der Waals surface area contributed by atoms with Gasteiger partial charge in [-0.1, -0.05) is 13.8 Å². The predicted octanol–water partition coefficient (Wildman–Crippen LogP) is 1.94. The van der Waals surface area contributed by atoms with Crippen LogP contribution < -0.4 is 0 Å². The lowest BCUT2D eigenvalue weighted by molar-refractivity contribution is -0.122. The van der Waals surface area contributed by atoms with Crippen molar-refractivity contribution in [1.82, 2.24) is 4.90 Å². The van der Waals surface area contributed by atoms with Gasteiger partial charge in [0.1, 0.15) is 11.5 Å². The van der Waals surface area contributed by atoms with Crippen LogP contribution in [0.3, 0.4) is 0 Å². The van der Waals surface area contributed by atoms with Gasteiger partial charge in [-0.2, -0.15) is 0 Å². The summed E-state index contributed by atoms with van der Waals surface area (Å²) >= 11 is 0. The van der Waals surface area contributed by atoms with Gasteiger partial charge in [-0.3, -0.25) is 9.69 Å². The van der Waals surface area contributed by atoms with Gasteiger partial charge in [-0.25, -0.2) is 0 Å². The molecular weight excluding hydrogens is 178 g/mol. The van der Waals surface area contributed by atoms with E-state index in [-0.39, 0.29) is 11.7 Å². The first kappa shape index (κ1) is 11.0. The fourth-order valence-corrected chi connectivity index (χ4v) is 1.17. The molecule has 78 valence electrons. The van der Waals surface area contributed by atoms with Crippen molar-refractivity contribution in [3.63, 3.8) is 0 Å². The highest BCUT2D eigenvalue weighted by atomic mass is 16.3. The quantitative estimate of drug-likeness (QED) is 0.720. The van der Waals surface area contributed by atoms with E-state index in [1.165, 1.54) is 0 Å². The summed E-state index contributed by atoms with van der Waals surface area (Å²) in [5.74, 6) is 1.26. The number of ketones is 1. The minimum absolute atomic E-state index is 0.106. The Bertz CT molecular complexity index is 277. The molecule has 0 bridgehead atoms. The first-order chi connectivity index (χ1) is 6.59. The van der Waals surface area contributed by atoms with Crippen LogP contribution in [-0.2, 0) is 11.3 Å². The van der Waals surface area contributed by atoms with Crippen LogP contribution in [0.5, 0.6) is 0 Å². The molecule has 0 unspecified atom stereocenters. The Balaban J connectivity index is 2.36. The van der Waals surface area contributed by atoms with E-state index >= 15 is 0 Å². The first-order valence-corrected chi connectivity index (χ1v) is 4.83. The fourth-order valence-electron chi connectivity index (χ4n) is 1.17. The molecule has 0 aromatic carbocycles. The lowest BCUT2D eigenvalue weighted by atomic mass is 10.1. The molecule has 0 aliphatic rings. The van der Waals surface area contributed by atoms with Gasteiger partial charge < -0.3 is 4.42 Å². The maximum absolute atomic E-state index is 11.4. The fraction of sp³-hybridized carbons (Fsp3) is 0.545. The number of furan rings is 1. The van der Waals surface area contributed by atoms with Crippen molar-refractivity contribution in [2.75, 3.05) is 13.6 Å². The second kappa shape index (κ2) is 4.96. The molecule has 3 nitrogen and oxygen atoms in total. The van der Waals surface area contributed by atoms with Gasteiger partial charge in [0.15, 0.2) is 0 Å². The van der Waals surface area contributed by atoms with Gasteiger partial charge in [0, 0.05) is 5.92 Å². The minimum atomic E-state index is 0.106. The number of hydrogen-bond donors (Lipinski definition) is 0. The van der Waals surface area contributed by atoms with Crippen LogP contribution in [0.25, 0.3) is 0 Å². The molecule has 0 fully saturated rings. The van der Waals surface area contributed by atoms with Crippen molar-refractivity contribution < 1.29 is 9.21 Å². The molecule has 3 heteroatoms. The predicted molar refractivity (Wildman–Crippen MR) is 54.9 cm³/mol. The van der Waals surface area contributed by atoms with Gasteiger partial charge in [-0.05, 0) is 19.2 Å². The maximum Gasteiger partial charge on any atom is 0.149 e. The topological polar surface area (TPSA) is 33.5 Å². The Labute approximate surface area is 84.7 Å². The Morgan fingerprint density at radius 3 is 2.79 bits per heavy atom. The average Bonchev–Trinajstić information content (AvgIpc) is 2.56. The summed E-state index contributed by atoms with van der Waals surface area (Å²) in [5.41, 5.74) is 0. The van der Waals surface area contributed by atoms with E-state index in [1.54, 1.807) is 6.26 Å². The zero-order chi connectivity index (χ0) is 10.6. The first-order valence-electron chi connectivity index (χ1n) is 4.83. The van der Waals surface area contributed by atoms with Crippen molar-refractivity contribution in [2.45, 2.75) is 20.4 Å². The highest BCUT2D eigenvalue weighted by Gasteiger charge is 2.11. The van der Waals surface area contributed by atoms with Gasteiger partial charge >= 0.3 is 0 Å². The second-order valence-electron chi connectivity index (χ2n) is 3.87. The number of carbonyl (C=O) groups excluding carboxylic acids is 1. The monoisotopic (exact) mass is 195 g/mol. The molecule has 0 amide bonds. The molecule has 1 aromatic heterocycles. The lowest BCUT2D eigenvalue weighted by Crippen LogP contribution is -2.27. The molecule has 0 aliphatic carbocycles. The van der Waals surface area contributed by atoms with Gasteiger partial charge in [0.2, 0.25) is 0 Å². The largest absolute Gasteiger partial charge is 0.468 e. The van der Waals surface area contributed by atoms with Crippen molar-refractivity contribution in [2.24, 2.45) is 5.92 Å². The van der Waals surface area contributed by atoms with E-state index in [4.69, 9.17) is 4.42 Å². The zero-order valence-electron chi connectivity index (χ0n) is 8.99. The molecule has 14 heavy (non-hydrogen) atoms. The Hall–Kier alpha value is -1.09. The summed E-state index contributed by atoms with van der Waals surface area (Å²) in [6, 6.07) is 3.77. The molecule has 0 atom stereocenters. The molecular formula is C11H17NO2. The third kappa shape index (κ3) is 3.34. The summed E-state index contributed by atoms with van der Waals surface area (Å²) < 4.78 is 5.19. The molecule has 0 aliphatic heterocycles. The molecule has 1 heterocycles. The van der Waals surface area contributed by atoms with Crippen LogP contribution in [0.4, 0.5) is 0 Å². The molecule has 1 aromatic rings. The van der Waals surface area contributed by atoms with Crippen molar-refractivity contribution in [3.05, 3.63) is 24.2 Å². The number of Topliss-reactive ketones (excluding diaryl/α,β-unsaturated/α-hetero) is 1. The van der Waals surface area contributed by atoms with Crippen molar-refractivity contribution in [1.29, 1.82) is 0 Å². The third-order valence-corrected chi connectivity index (χ3v) is 2.08. The summed E-state index contributed by atoms with van der Waals surface area (Å²) in [6.07, 6.45) is 1.65. The SMILES string of the molecule is CC(C)C(=O)CN(C)Cc1ccco1. The van der Waals surface area contributed by atoms with Crippen molar-refractivity contribution in [3.8, 4) is 0 Å². The summed E-state index contributed by atoms with van der Waals surface area (Å²) in [4.78, 5) is 13.4. The third-order valence-electron chi connectivity index (χ3n) is 2.08. The second-order valence-corrected chi connectivity index (χ2v) is 3.87. The van der Waals surface area contributed by atoms with Gasteiger partial charge in [-0.15, -0.1) is 0 Å². The lowest BCUT2D eigenvalue weighted by Gasteiger charge is -2.15. The summed E-state index contributed by atoms with van der Waals surface area (Å²) in [7, 11) is 1.92. The van der Waals surface area contributed by atoms with Crippen LogP contribution >= 0.6 is 0 Å². The molecule has 0 saturated heterocycles. The minimum Gasteiger partial charge on any atom is -0.468 e. The van der Waals surface area contributed by atoms with E-state index in [0.29, 0.717) is 13.1 Å². The normalized spacial score (nSPS) is 11.2. The van der Waals surface area contributed by atoms with Gasteiger partial charge in [0.25, 0.3) is 0 Å². The van der Waals surface area contributed by atoms with Crippen LogP contribution in [0.15, 0.2) is 22.8 Å². The highest BCUT2D eigenvalue weighted by molar-refractivity contribution is 5.82. The van der Waals surface area contributed by atoms with E-state index in [1.807, 2.05) is 37.9 Å². The van der Waals surface area contributed by atoms with E-state index in [0.717, 1.165) is 5.76 Å². The number of carbonyl (C=O) groups is 1. The molecule has 0 saturated carbocycles. The van der Waals surface area contributed by atoms with E-state index < -0.39 is 0 Å². The maximum atomic E-state index is 11.4. The zero-order valence-corrected chi connectivity index (χ0v) is 8.99. The van der Waals surface area contributed by atoms with Crippen LogP contribution in [0, 0.1) is 5.92 Å². The van der Waals surface area contributed by atoms with Crippen LogP contribution in [0.2, 0.25) is 0 Å². The van der Waals surface area contributed by atoms with Gasteiger partial charge in [0.05, 0.1) is 19.4 Å². The molecule has 0 N–H and O–H groups in total. The average molecular weight is 195 g/mol. The summed E-state index contributed by atoms with van der Waals surface area (Å²) in [6.45, 7) is 5.01. The smallest absolute Gasteiger partial charge is 0.149 e. The molecule has 1 rings (SSSR count). The summed E-state index contributed by atoms with van der Waals surface area (Å²) in [5, 5.41) is 0. The van der Waals surface area contributed by atoms with E-state index in [9.17, 15) is 4.79 Å². The standard InChI is InChI=1S/C11H17NO2/c1-9(2)11(13)8-12(3)7-10-5-4-6-14-10/h4-6,9H,7-8H2,1-3H3. The van der Waals surface area contributed by atoms with Crippen molar-refractivity contribution >= 4 is 5.78 Å². The van der Waals surface area contributed by atoms with Crippen LogP contribution in [-0.4, -0.2) is 24.3 Å². The Morgan fingerprint density at radius 2 is 2.29 bits per heavy atom. The van der Waals surface area contributed by atoms with Crippen LogP contribution in [0.1, 0.15) is 19.6 Å². The Morgan fingerprint density at radius 1 is 1.57 bits per heavy atom. The number of hydrogen-bond acceptors (Lipinski definition) is 3. The number of likely N-dealkylation sites (N-methyl/N-ethyl adjacent to an activating group) is 1. The van der Waals surface area contributed by atoms with E-state index in [2.05, 4.69) is 0 Å². The molecule has 0 radical (unpaired) electrons. The number of rotatable bonds is 5. The number of nitrogens with zero attached hydrogens (tertiary/aromatic N) is 1.